The maximum absolute atomic E-state index is 12.4. The molecule has 0 saturated heterocycles. The Morgan fingerprint density at radius 1 is 1.09 bits per heavy atom. The maximum atomic E-state index is 12.4. The average molecular weight is 333 g/mol. The first-order valence-electron chi connectivity index (χ1n) is 6.28. The smallest absolute Gasteiger partial charge is 0.258 e. The molecule has 0 aliphatic rings. The van der Waals surface area contributed by atoms with E-state index < -0.39 is 9.84 Å². The number of nitrogens with zero attached hydrogens (tertiary/aromatic N) is 2. The minimum Gasteiger partial charge on any atom is -0.296 e. The zero-order chi connectivity index (χ0) is 15.7. The fraction of sp³-hybridized carbons (Fsp3) is 0.0714. The van der Waals surface area contributed by atoms with Crippen molar-refractivity contribution in [1.29, 1.82) is 0 Å². The van der Waals surface area contributed by atoms with Gasteiger partial charge in [0.1, 0.15) is 0 Å². The Kier molecular flexibility index (Phi) is 3.63. The predicted molar refractivity (Wildman–Crippen MR) is 84.9 cm³/mol. The number of amides is 1. The lowest BCUT2D eigenvalue weighted by Gasteiger charge is -2.05. The predicted octanol–water partition coefficient (Wildman–Crippen LogP) is 2.35. The van der Waals surface area contributed by atoms with Gasteiger partial charge in [0.15, 0.2) is 0 Å². The molecule has 1 N–H and O–H groups in total. The van der Waals surface area contributed by atoms with Crippen LogP contribution < -0.4 is 5.32 Å². The van der Waals surface area contributed by atoms with E-state index in [1.807, 2.05) is 30.3 Å². The van der Waals surface area contributed by atoms with Crippen molar-refractivity contribution in [1.82, 2.24) is 10.2 Å². The van der Waals surface area contributed by atoms with Gasteiger partial charge in [-0.3, -0.25) is 10.1 Å². The van der Waals surface area contributed by atoms with E-state index in [2.05, 4.69) is 15.5 Å². The topological polar surface area (TPSA) is 89.0 Å². The molecule has 0 spiro atoms. The van der Waals surface area contributed by atoms with Crippen molar-refractivity contribution < 1.29 is 13.2 Å². The number of benzene rings is 2. The summed E-state index contributed by atoms with van der Waals surface area (Å²) in [5.41, 5.74) is 0.495. The van der Waals surface area contributed by atoms with Crippen molar-refractivity contribution in [3.05, 3.63) is 48.0 Å². The van der Waals surface area contributed by atoms with Crippen molar-refractivity contribution in [2.45, 2.75) is 4.34 Å². The lowest BCUT2D eigenvalue weighted by atomic mass is 10.0. The SMILES string of the molecule is CS(=O)(=O)c1nnc(NC(=O)c2cccc3ccccc23)s1. The summed E-state index contributed by atoms with van der Waals surface area (Å²) in [6.07, 6.45) is 1.05. The summed E-state index contributed by atoms with van der Waals surface area (Å²) in [5, 5.41) is 11.7. The van der Waals surface area contributed by atoms with Gasteiger partial charge >= 0.3 is 0 Å². The molecule has 0 aliphatic carbocycles. The molecule has 1 heterocycles. The summed E-state index contributed by atoms with van der Waals surface area (Å²) < 4.78 is 22.6. The van der Waals surface area contributed by atoms with Crippen molar-refractivity contribution in [2.24, 2.45) is 0 Å². The van der Waals surface area contributed by atoms with E-state index in [0.29, 0.717) is 5.56 Å². The van der Waals surface area contributed by atoms with Crippen LogP contribution in [0.15, 0.2) is 46.8 Å². The lowest BCUT2D eigenvalue weighted by molar-refractivity contribution is 0.102. The van der Waals surface area contributed by atoms with Gasteiger partial charge < -0.3 is 0 Å². The van der Waals surface area contributed by atoms with Crippen LogP contribution in [-0.2, 0) is 9.84 Å². The number of anilines is 1. The number of nitrogens with one attached hydrogen (secondary N) is 1. The van der Waals surface area contributed by atoms with Crippen LogP contribution >= 0.6 is 11.3 Å². The second-order valence-electron chi connectivity index (χ2n) is 4.63. The van der Waals surface area contributed by atoms with Gasteiger partial charge in [-0.25, -0.2) is 8.42 Å². The normalized spacial score (nSPS) is 11.5. The first kappa shape index (κ1) is 14.6. The number of carbonyl (C=O) groups excluding carboxylic acids is 1. The molecule has 6 nitrogen and oxygen atoms in total. The largest absolute Gasteiger partial charge is 0.296 e. The van der Waals surface area contributed by atoms with Crippen LogP contribution in [-0.4, -0.2) is 30.8 Å². The number of rotatable bonds is 3. The number of sulfone groups is 1. The second-order valence-corrected chi connectivity index (χ2v) is 7.79. The summed E-state index contributed by atoms with van der Waals surface area (Å²) >= 11 is 0.826. The fourth-order valence-electron chi connectivity index (χ4n) is 2.00. The molecule has 22 heavy (non-hydrogen) atoms. The number of aromatic nitrogens is 2. The van der Waals surface area contributed by atoms with Crippen LogP contribution in [0, 0.1) is 0 Å². The Morgan fingerprint density at radius 2 is 1.82 bits per heavy atom. The number of fused-ring (bicyclic) bond motifs is 1. The highest BCUT2D eigenvalue weighted by Gasteiger charge is 2.17. The first-order chi connectivity index (χ1) is 10.4. The van der Waals surface area contributed by atoms with Crippen molar-refractivity contribution in [2.75, 3.05) is 11.6 Å². The van der Waals surface area contributed by atoms with Gasteiger partial charge in [-0.2, -0.15) is 0 Å². The van der Waals surface area contributed by atoms with E-state index in [4.69, 9.17) is 0 Å². The van der Waals surface area contributed by atoms with Gasteiger partial charge in [0.05, 0.1) is 0 Å². The number of carbonyl (C=O) groups is 1. The third-order valence-corrected chi connectivity index (χ3v) is 5.49. The molecule has 112 valence electrons. The molecule has 0 radical (unpaired) electrons. The molecule has 2 aromatic carbocycles. The van der Waals surface area contributed by atoms with E-state index in [9.17, 15) is 13.2 Å². The Bertz CT molecular complexity index is 959. The molecule has 3 aromatic rings. The second kappa shape index (κ2) is 5.47. The summed E-state index contributed by atoms with van der Waals surface area (Å²) in [4.78, 5) is 12.4. The molecule has 0 aliphatic heterocycles. The maximum Gasteiger partial charge on any atom is 0.258 e. The van der Waals surface area contributed by atoms with Crippen LogP contribution in [0.2, 0.25) is 0 Å². The fourth-order valence-corrected chi connectivity index (χ4v) is 3.50. The summed E-state index contributed by atoms with van der Waals surface area (Å²) in [6.45, 7) is 0. The molecule has 0 atom stereocenters. The van der Waals surface area contributed by atoms with Crippen LogP contribution in [0.1, 0.15) is 10.4 Å². The van der Waals surface area contributed by atoms with Crippen molar-refractivity contribution in [3.63, 3.8) is 0 Å². The Morgan fingerprint density at radius 3 is 2.55 bits per heavy atom. The van der Waals surface area contributed by atoms with Gasteiger partial charge in [0.25, 0.3) is 5.91 Å². The molecule has 1 aromatic heterocycles. The quantitative estimate of drug-likeness (QED) is 0.743. The summed E-state index contributed by atoms with van der Waals surface area (Å²) in [5.74, 6) is -0.354. The number of hydrogen-bond acceptors (Lipinski definition) is 6. The Hall–Kier alpha value is -2.32. The van der Waals surface area contributed by atoms with Crippen LogP contribution in [0.5, 0.6) is 0 Å². The molecule has 0 bridgehead atoms. The van der Waals surface area contributed by atoms with Gasteiger partial charge in [-0.05, 0) is 16.8 Å². The molecule has 3 rings (SSSR count). The van der Waals surface area contributed by atoms with Gasteiger partial charge in [0.2, 0.25) is 19.3 Å². The van der Waals surface area contributed by atoms with E-state index in [-0.39, 0.29) is 15.4 Å². The Labute approximate surface area is 130 Å². The minimum atomic E-state index is -3.42. The number of hydrogen-bond donors (Lipinski definition) is 1. The summed E-state index contributed by atoms with van der Waals surface area (Å²) in [6, 6.07) is 12.9. The van der Waals surface area contributed by atoms with Gasteiger partial charge in [0, 0.05) is 11.8 Å². The van der Waals surface area contributed by atoms with Gasteiger partial charge in [-0.15, -0.1) is 10.2 Å². The molecular formula is C14H11N3O3S2. The standard InChI is InChI=1S/C14H11N3O3S2/c1-22(19,20)14-17-16-13(21-14)15-12(18)11-8-4-6-9-5-2-3-7-10(9)11/h2-8H,1H3,(H,15,16,18). The molecule has 0 fully saturated rings. The van der Waals surface area contributed by atoms with E-state index in [0.717, 1.165) is 28.4 Å². The zero-order valence-corrected chi connectivity index (χ0v) is 13.1. The van der Waals surface area contributed by atoms with Crippen LogP contribution in [0.3, 0.4) is 0 Å². The first-order valence-corrected chi connectivity index (χ1v) is 8.98. The molecule has 8 heteroatoms. The van der Waals surface area contributed by atoms with Crippen molar-refractivity contribution in [3.8, 4) is 0 Å². The summed E-state index contributed by atoms with van der Waals surface area (Å²) in [7, 11) is -3.42. The molecule has 1 amide bonds. The minimum absolute atomic E-state index is 0.124. The third-order valence-electron chi connectivity index (χ3n) is 2.98. The third kappa shape index (κ3) is 2.83. The highest BCUT2D eigenvalue weighted by Crippen LogP contribution is 2.23. The molecular weight excluding hydrogens is 322 g/mol. The highest BCUT2D eigenvalue weighted by molar-refractivity contribution is 7.92. The lowest BCUT2D eigenvalue weighted by Crippen LogP contribution is -2.12. The van der Waals surface area contributed by atoms with E-state index in [1.165, 1.54) is 0 Å². The average Bonchev–Trinajstić information content (AvgIpc) is 2.95. The van der Waals surface area contributed by atoms with Crippen molar-refractivity contribution >= 4 is 43.0 Å². The van der Waals surface area contributed by atoms with E-state index >= 15 is 0 Å². The molecule has 0 saturated carbocycles. The molecule has 0 unspecified atom stereocenters. The Balaban J connectivity index is 1.92. The highest BCUT2D eigenvalue weighted by atomic mass is 32.2. The van der Waals surface area contributed by atoms with Crippen LogP contribution in [0.4, 0.5) is 5.13 Å². The monoisotopic (exact) mass is 333 g/mol. The van der Waals surface area contributed by atoms with E-state index in [1.54, 1.807) is 12.1 Å². The van der Waals surface area contributed by atoms with Crippen LogP contribution in [0.25, 0.3) is 10.8 Å². The van der Waals surface area contributed by atoms with Gasteiger partial charge in [-0.1, -0.05) is 47.7 Å². The zero-order valence-electron chi connectivity index (χ0n) is 11.5.